The van der Waals surface area contributed by atoms with Crippen molar-refractivity contribution in [1.29, 1.82) is 0 Å². The van der Waals surface area contributed by atoms with Gasteiger partial charge in [0.2, 0.25) is 5.91 Å². The summed E-state index contributed by atoms with van der Waals surface area (Å²) in [5.74, 6) is 0.154. The molecule has 0 spiro atoms. The van der Waals surface area contributed by atoms with Gasteiger partial charge in [0.15, 0.2) is 0 Å². The quantitative estimate of drug-likeness (QED) is 0.851. The van der Waals surface area contributed by atoms with Crippen LogP contribution in [0.2, 0.25) is 0 Å². The van der Waals surface area contributed by atoms with Crippen LogP contribution >= 0.6 is 0 Å². The first-order valence-electron chi connectivity index (χ1n) is 6.48. The van der Waals surface area contributed by atoms with Crippen molar-refractivity contribution in [3.63, 3.8) is 0 Å². The normalized spacial score (nSPS) is 17.0. The molecule has 0 saturated heterocycles. The fourth-order valence-electron chi connectivity index (χ4n) is 2.51. The van der Waals surface area contributed by atoms with Gasteiger partial charge < -0.3 is 10.6 Å². The van der Waals surface area contributed by atoms with Gasteiger partial charge in [-0.25, -0.2) is 0 Å². The molecule has 4 nitrogen and oxygen atoms in total. The Morgan fingerprint density at radius 3 is 2.61 bits per heavy atom. The summed E-state index contributed by atoms with van der Waals surface area (Å²) in [5.41, 5.74) is 7.02. The Balaban J connectivity index is 1.89. The molecule has 0 aromatic carbocycles. The molecule has 1 heterocycles. The van der Waals surface area contributed by atoms with Crippen molar-refractivity contribution in [3.05, 3.63) is 30.1 Å². The number of carbonyl (C=O) groups excluding carboxylic acids is 1. The van der Waals surface area contributed by atoms with E-state index >= 15 is 0 Å². The number of carbonyl (C=O) groups is 1. The second kappa shape index (κ2) is 5.48. The van der Waals surface area contributed by atoms with E-state index in [1.807, 2.05) is 24.1 Å². The van der Waals surface area contributed by atoms with Gasteiger partial charge in [-0.3, -0.25) is 9.78 Å². The van der Waals surface area contributed by atoms with Crippen molar-refractivity contribution in [2.24, 2.45) is 11.1 Å². The Morgan fingerprint density at radius 1 is 1.44 bits per heavy atom. The summed E-state index contributed by atoms with van der Waals surface area (Å²) in [4.78, 5) is 17.9. The van der Waals surface area contributed by atoms with Gasteiger partial charge in [0.05, 0.1) is 6.42 Å². The summed E-state index contributed by atoms with van der Waals surface area (Å²) in [6.45, 7) is 1.47. The van der Waals surface area contributed by atoms with E-state index < -0.39 is 0 Å². The molecule has 18 heavy (non-hydrogen) atoms. The Labute approximate surface area is 108 Å². The molecule has 0 unspecified atom stereocenters. The first-order valence-corrected chi connectivity index (χ1v) is 6.48. The average Bonchev–Trinajstić information content (AvgIpc) is 2.34. The monoisotopic (exact) mass is 247 g/mol. The molecule has 0 bridgehead atoms. The molecule has 1 saturated carbocycles. The molecule has 1 aromatic heterocycles. The summed E-state index contributed by atoms with van der Waals surface area (Å²) in [6.07, 6.45) is 7.42. The number of likely N-dealkylation sites (N-methyl/N-ethyl adjacent to an activating group) is 1. The Morgan fingerprint density at radius 2 is 2.11 bits per heavy atom. The van der Waals surface area contributed by atoms with Crippen molar-refractivity contribution in [2.75, 3.05) is 20.1 Å². The minimum Gasteiger partial charge on any atom is -0.345 e. The Hall–Kier alpha value is -1.42. The smallest absolute Gasteiger partial charge is 0.226 e. The van der Waals surface area contributed by atoms with Crippen LogP contribution in [0.1, 0.15) is 24.8 Å². The van der Waals surface area contributed by atoms with E-state index in [1.165, 1.54) is 6.42 Å². The lowest BCUT2D eigenvalue weighted by Gasteiger charge is -2.43. The number of nitrogens with two attached hydrogens (primary N) is 1. The third-order valence-corrected chi connectivity index (χ3v) is 3.95. The van der Waals surface area contributed by atoms with Crippen LogP contribution in [0.4, 0.5) is 0 Å². The summed E-state index contributed by atoms with van der Waals surface area (Å²) in [6, 6.07) is 3.77. The van der Waals surface area contributed by atoms with Gasteiger partial charge in [0, 0.05) is 31.4 Å². The predicted molar refractivity (Wildman–Crippen MR) is 70.9 cm³/mol. The van der Waals surface area contributed by atoms with Crippen LogP contribution in [0.3, 0.4) is 0 Å². The minimum absolute atomic E-state index is 0.154. The van der Waals surface area contributed by atoms with E-state index in [9.17, 15) is 4.79 Å². The van der Waals surface area contributed by atoms with Crippen molar-refractivity contribution < 1.29 is 4.79 Å². The Kier molecular flexibility index (Phi) is 3.97. The summed E-state index contributed by atoms with van der Waals surface area (Å²) >= 11 is 0. The minimum atomic E-state index is 0.154. The number of amides is 1. The number of rotatable bonds is 5. The van der Waals surface area contributed by atoms with Crippen LogP contribution in [-0.4, -0.2) is 35.9 Å². The molecule has 0 atom stereocenters. The highest BCUT2D eigenvalue weighted by atomic mass is 16.2. The summed E-state index contributed by atoms with van der Waals surface area (Å²) < 4.78 is 0. The SMILES string of the molecule is CN(CC1(CN)CCC1)C(=O)Cc1ccncc1. The van der Waals surface area contributed by atoms with Crippen molar-refractivity contribution in [1.82, 2.24) is 9.88 Å². The summed E-state index contributed by atoms with van der Waals surface area (Å²) in [7, 11) is 1.87. The van der Waals surface area contributed by atoms with Crippen molar-refractivity contribution in [2.45, 2.75) is 25.7 Å². The molecule has 4 heteroatoms. The van der Waals surface area contributed by atoms with E-state index in [0.717, 1.165) is 24.9 Å². The number of hydrogen-bond acceptors (Lipinski definition) is 3. The van der Waals surface area contributed by atoms with Gasteiger partial charge in [0.25, 0.3) is 0 Å². The predicted octanol–water partition coefficient (Wildman–Crippen LogP) is 1.21. The summed E-state index contributed by atoms with van der Waals surface area (Å²) in [5, 5.41) is 0. The average molecular weight is 247 g/mol. The molecule has 1 aliphatic carbocycles. The van der Waals surface area contributed by atoms with E-state index in [1.54, 1.807) is 12.4 Å². The molecule has 1 aliphatic rings. The maximum Gasteiger partial charge on any atom is 0.226 e. The lowest BCUT2D eigenvalue weighted by molar-refractivity contribution is -0.131. The molecule has 2 rings (SSSR count). The van der Waals surface area contributed by atoms with Crippen LogP contribution in [0.15, 0.2) is 24.5 Å². The zero-order valence-electron chi connectivity index (χ0n) is 10.9. The highest BCUT2D eigenvalue weighted by molar-refractivity contribution is 5.78. The van der Waals surface area contributed by atoms with Gasteiger partial charge in [-0.05, 0) is 37.1 Å². The third kappa shape index (κ3) is 2.88. The molecular weight excluding hydrogens is 226 g/mol. The number of hydrogen-bond donors (Lipinski definition) is 1. The highest BCUT2D eigenvalue weighted by Crippen LogP contribution is 2.40. The van der Waals surface area contributed by atoms with E-state index in [0.29, 0.717) is 13.0 Å². The van der Waals surface area contributed by atoms with Crippen LogP contribution in [0, 0.1) is 5.41 Å². The van der Waals surface area contributed by atoms with Gasteiger partial charge in [-0.2, -0.15) is 0 Å². The first-order chi connectivity index (χ1) is 8.65. The van der Waals surface area contributed by atoms with Gasteiger partial charge >= 0.3 is 0 Å². The molecule has 1 fully saturated rings. The molecular formula is C14H21N3O. The largest absolute Gasteiger partial charge is 0.345 e. The maximum absolute atomic E-state index is 12.1. The standard InChI is InChI=1S/C14H21N3O/c1-17(11-14(10-15)5-2-6-14)13(18)9-12-3-7-16-8-4-12/h3-4,7-8H,2,5-6,9-11,15H2,1H3. The first kappa shape index (κ1) is 13.0. The van der Waals surface area contributed by atoms with E-state index in [2.05, 4.69) is 4.98 Å². The van der Waals surface area contributed by atoms with E-state index in [4.69, 9.17) is 5.73 Å². The molecule has 2 N–H and O–H groups in total. The lowest BCUT2D eigenvalue weighted by atomic mass is 9.68. The van der Waals surface area contributed by atoms with Gasteiger partial charge in [-0.15, -0.1) is 0 Å². The highest BCUT2D eigenvalue weighted by Gasteiger charge is 2.37. The molecule has 0 aliphatic heterocycles. The number of nitrogens with zero attached hydrogens (tertiary/aromatic N) is 2. The topological polar surface area (TPSA) is 59.2 Å². The van der Waals surface area contributed by atoms with Crippen molar-refractivity contribution >= 4 is 5.91 Å². The van der Waals surface area contributed by atoms with Gasteiger partial charge in [-0.1, -0.05) is 6.42 Å². The van der Waals surface area contributed by atoms with Crippen molar-refractivity contribution in [3.8, 4) is 0 Å². The van der Waals surface area contributed by atoms with Crippen LogP contribution < -0.4 is 5.73 Å². The molecule has 1 aromatic rings. The van der Waals surface area contributed by atoms with Crippen LogP contribution in [0.5, 0.6) is 0 Å². The fraction of sp³-hybridized carbons (Fsp3) is 0.571. The third-order valence-electron chi connectivity index (χ3n) is 3.95. The zero-order chi connectivity index (χ0) is 13.0. The molecule has 1 amide bonds. The molecule has 0 radical (unpaired) electrons. The second-order valence-electron chi connectivity index (χ2n) is 5.34. The zero-order valence-corrected chi connectivity index (χ0v) is 10.9. The van der Waals surface area contributed by atoms with Gasteiger partial charge in [0.1, 0.15) is 0 Å². The second-order valence-corrected chi connectivity index (χ2v) is 5.34. The fourth-order valence-corrected chi connectivity index (χ4v) is 2.51. The lowest BCUT2D eigenvalue weighted by Crippen LogP contribution is -2.47. The number of pyridine rings is 1. The maximum atomic E-state index is 12.1. The van der Waals surface area contributed by atoms with E-state index in [-0.39, 0.29) is 11.3 Å². The number of aromatic nitrogens is 1. The van der Waals surface area contributed by atoms with Crippen LogP contribution in [-0.2, 0) is 11.2 Å². The van der Waals surface area contributed by atoms with Crippen LogP contribution in [0.25, 0.3) is 0 Å². The molecule has 98 valence electrons. The Bertz CT molecular complexity index is 395.